The van der Waals surface area contributed by atoms with Crippen molar-refractivity contribution in [3.63, 3.8) is 0 Å². The molecule has 0 saturated heterocycles. The molecule has 0 bridgehead atoms. The highest BCUT2D eigenvalue weighted by Gasteiger charge is 2.55. The first-order valence-corrected chi connectivity index (χ1v) is 8.66. The molecule has 0 N–H and O–H groups in total. The highest BCUT2D eigenvalue weighted by molar-refractivity contribution is 5.76. The molecule has 0 unspecified atom stereocenters. The van der Waals surface area contributed by atoms with Gasteiger partial charge < -0.3 is 4.74 Å². The Labute approximate surface area is 139 Å². The zero-order chi connectivity index (χ0) is 15.9. The first-order chi connectivity index (χ1) is 11.3. The summed E-state index contributed by atoms with van der Waals surface area (Å²) in [7, 11) is 1.89. The third-order valence-corrected chi connectivity index (χ3v) is 5.98. The molecule has 0 radical (unpaired) electrons. The van der Waals surface area contributed by atoms with Crippen LogP contribution in [0.15, 0.2) is 66.2 Å². The van der Waals surface area contributed by atoms with E-state index in [1.165, 1.54) is 41.5 Å². The van der Waals surface area contributed by atoms with Crippen molar-refractivity contribution in [3.8, 4) is 0 Å². The fourth-order valence-electron chi connectivity index (χ4n) is 5.14. The number of hydrogen-bond donors (Lipinski definition) is 0. The van der Waals surface area contributed by atoms with Gasteiger partial charge in [0.05, 0.1) is 0 Å². The third kappa shape index (κ3) is 2.03. The largest absolute Gasteiger partial charge is 0.369 e. The molecular weight excluding hydrogens is 280 g/mol. The van der Waals surface area contributed by atoms with Crippen molar-refractivity contribution in [1.29, 1.82) is 0 Å². The molecule has 23 heavy (non-hydrogen) atoms. The Morgan fingerprint density at radius 3 is 2.22 bits per heavy atom. The van der Waals surface area contributed by atoms with Crippen LogP contribution in [0.25, 0.3) is 5.57 Å². The maximum Gasteiger partial charge on any atom is 0.117 e. The smallest absolute Gasteiger partial charge is 0.117 e. The molecule has 118 valence electrons. The van der Waals surface area contributed by atoms with E-state index in [0.717, 1.165) is 0 Å². The van der Waals surface area contributed by atoms with Crippen molar-refractivity contribution in [2.75, 3.05) is 7.11 Å². The molecule has 2 aromatic carbocycles. The second-order valence-corrected chi connectivity index (χ2v) is 6.85. The van der Waals surface area contributed by atoms with E-state index in [2.05, 4.69) is 67.6 Å². The number of fused-ring (bicyclic) bond motifs is 1. The number of rotatable bonds is 3. The van der Waals surface area contributed by atoms with Gasteiger partial charge in [-0.25, -0.2) is 0 Å². The van der Waals surface area contributed by atoms with Crippen LogP contribution in [0.1, 0.15) is 37.3 Å². The molecule has 0 aliphatic heterocycles. The summed E-state index contributed by atoms with van der Waals surface area (Å²) in [5.74, 6) is 1.18. The highest BCUT2D eigenvalue weighted by atomic mass is 16.5. The van der Waals surface area contributed by atoms with Crippen molar-refractivity contribution in [2.45, 2.75) is 31.8 Å². The van der Waals surface area contributed by atoms with Crippen molar-refractivity contribution in [1.82, 2.24) is 0 Å². The zero-order valence-electron chi connectivity index (χ0n) is 14.0. The van der Waals surface area contributed by atoms with Crippen molar-refractivity contribution in [2.24, 2.45) is 11.8 Å². The van der Waals surface area contributed by atoms with E-state index < -0.39 is 0 Å². The van der Waals surface area contributed by atoms with Crippen molar-refractivity contribution < 1.29 is 4.74 Å². The van der Waals surface area contributed by atoms with Gasteiger partial charge in [-0.05, 0) is 48.0 Å². The lowest BCUT2D eigenvalue weighted by Crippen LogP contribution is -2.35. The van der Waals surface area contributed by atoms with E-state index >= 15 is 0 Å². The minimum Gasteiger partial charge on any atom is -0.369 e. The van der Waals surface area contributed by atoms with Crippen molar-refractivity contribution >= 4 is 5.57 Å². The lowest BCUT2D eigenvalue weighted by Gasteiger charge is -2.36. The molecular formula is C22H24O. The van der Waals surface area contributed by atoms with Crippen LogP contribution in [0.2, 0.25) is 0 Å². The molecule has 3 atom stereocenters. The van der Waals surface area contributed by atoms with E-state index in [1.807, 2.05) is 7.11 Å². The number of allylic oxidation sites excluding steroid dienone is 1. The Bertz CT molecular complexity index is 716. The third-order valence-electron chi connectivity index (χ3n) is 5.98. The summed E-state index contributed by atoms with van der Waals surface area (Å²) in [6.45, 7) is 2.29. The topological polar surface area (TPSA) is 9.23 Å². The Balaban J connectivity index is 1.94. The summed E-state index contributed by atoms with van der Waals surface area (Å²) >= 11 is 0. The van der Waals surface area contributed by atoms with Crippen LogP contribution in [-0.4, -0.2) is 7.11 Å². The predicted octanol–water partition coefficient (Wildman–Crippen LogP) is 5.43. The number of methoxy groups -OCH3 is 1. The zero-order valence-corrected chi connectivity index (χ0v) is 14.0. The molecule has 4 rings (SSSR count). The number of benzene rings is 2. The Hall–Kier alpha value is -1.86. The molecule has 1 heteroatoms. The molecule has 2 aromatic rings. The van der Waals surface area contributed by atoms with Gasteiger partial charge in [-0.1, -0.05) is 67.1 Å². The van der Waals surface area contributed by atoms with Gasteiger partial charge in [0.25, 0.3) is 0 Å². The summed E-state index contributed by atoms with van der Waals surface area (Å²) in [6, 6.07) is 21.7. The molecule has 2 aliphatic carbocycles. The van der Waals surface area contributed by atoms with Gasteiger partial charge in [0, 0.05) is 13.0 Å². The second-order valence-electron chi connectivity index (χ2n) is 6.85. The first kappa shape index (κ1) is 14.7. The van der Waals surface area contributed by atoms with Crippen LogP contribution in [0.3, 0.4) is 0 Å². The standard InChI is InChI=1S/C22H24O/c1-16-21(17-10-5-3-6-11-17)19-14-9-15-20(19)22(16,23-2)18-12-7-4-8-13-18/h3-8,10-13,19-20H,9,14-15H2,1-2H3/t19-,20+,22-/m0/s1. The molecule has 1 saturated carbocycles. The van der Waals surface area contributed by atoms with Crippen molar-refractivity contribution in [3.05, 3.63) is 77.4 Å². The SMILES string of the molecule is CO[C@]1(c2ccccc2)C(C)=C(c2ccccc2)[C@H]2CCC[C@H]21. The van der Waals surface area contributed by atoms with Gasteiger partial charge in [-0.15, -0.1) is 0 Å². The summed E-state index contributed by atoms with van der Waals surface area (Å²) in [4.78, 5) is 0. The summed E-state index contributed by atoms with van der Waals surface area (Å²) in [5, 5.41) is 0. The maximum absolute atomic E-state index is 6.30. The Morgan fingerprint density at radius 2 is 1.57 bits per heavy atom. The minimum atomic E-state index is -0.256. The van der Waals surface area contributed by atoms with E-state index in [1.54, 1.807) is 0 Å². The average molecular weight is 304 g/mol. The molecule has 0 heterocycles. The summed E-state index contributed by atoms with van der Waals surface area (Å²) in [5.41, 5.74) is 5.36. The molecule has 0 amide bonds. The van der Waals surface area contributed by atoms with E-state index in [-0.39, 0.29) is 5.60 Å². The van der Waals surface area contributed by atoms with E-state index in [9.17, 15) is 0 Å². The van der Waals surface area contributed by atoms with Gasteiger partial charge in [0.2, 0.25) is 0 Å². The Morgan fingerprint density at radius 1 is 0.913 bits per heavy atom. The molecule has 1 nitrogen and oxygen atoms in total. The Kier molecular flexibility index (Phi) is 3.61. The van der Waals surface area contributed by atoms with Crippen LogP contribution < -0.4 is 0 Å². The monoisotopic (exact) mass is 304 g/mol. The van der Waals surface area contributed by atoms with Gasteiger partial charge in [0.15, 0.2) is 0 Å². The van der Waals surface area contributed by atoms with Crippen LogP contribution in [0.5, 0.6) is 0 Å². The average Bonchev–Trinajstić information content (AvgIpc) is 3.16. The minimum absolute atomic E-state index is 0.256. The summed E-state index contributed by atoms with van der Waals surface area (Å²) in [6.07, 6.45) is 3.84. The highest BCUT2D eigenvalue weighted by Crippen LogP contribution is 2.61. The predicted molar refractivity (Wildman–Crippen MR) is 95.0 cm³/mol. The van der Waals surface area contributed by atoms with Crippen LogP contribution >= 0.6 is 0 Å². The second kappa shape index (κ2) is 5.65. The van der Waals surface area contributed by atoms with Gasteiger partial charge in [-0.2, -0.15) is 0 Å². The van der Waals surface area contributed by atoms with Gasteiger partial charge >= 0.3 is 0 Å². The summed E-state index contributed by atoms with van der Waals surface area (Å²) < 4.78 is 6.30. The van der Waals surface area contributed by atoms with Crippen LogP contribution in [0.4, 0.5) is 0 Å². The van der Waals surface area contributed by atoms with Crippen LogP contribution in [0, 0.1) is 11.8 Å². The quantitative estimate of drug-likeness (QED) is 0.734. The van der Waals surface area contributed by atoms with Crippen LogP contribution in [-0.2, 0) is 10.3 Å². The fourth-order valence-corrected chi connectivity index (χ4v) is 5.14. The van der Waals surface area contributed by atoms with E-state index in [0.29, 0.717) is 11.8 Å². The molecule has 2 aliphatic rings. The molecule has 1 fully saturated rings. The van der Waals surface area contributed by atoms with Gasteiger partial charge in [-0.3, -0.25) is 0 Å². The molecule has 0 spiro atoms. The first-order valence-electron chi connectivity index (χ1n) is 8.66. The number of ether oxygens (including phenoxy) is 1. The van der Waals surface area contributed by atoms with E-state index in [4.69, 9.17) is 4.74 Å². The lowest BCUT2D eigenvalue weighted by molar-refractivity contribution is -0.0286. The normalized spacial score (nSPS) is 29.8. The van der Waals surface area contributed by atoms with Gasteiger partial charge in [0.1, 0.15) is 5.60 Å². The number of hydrogen-bond acceptors (Lipinski definition) is 1. The maximum atomic E-state index is 6.30. The molecule has 0 aromatic heterocycles. The lowest BCUT2D eigenvalue weighted by atomic mass is 9.78. The fraction of sp³-hybridized carbons (Fsp3) is 0.364.